The van der Waals surface area contributed by atoms with Gasteiger partial charge in [0.25, 0.3) is 0 Å². The van der Waals surface area contributed by atoms with Crippen molar-refractivity contribution in [2.45, 2.75) is 52.7 Å². The standard InChI is InChI=1S/C24H31F2N3O4S/c1-6-17(3)27-24(31)18(4)28(14-19-9-7-8-16(2)12-19)23(30)15-29(34(5,32)33)20-10-11-21(25)22(26)13-20/h7-13,17-18H,6,14-15H2,1-5H3,(H,27,31)/t17-,18+/m0/s1. The van der Waals surface area contributed by atoms with Crippen LogP contribution in [0.25, 0.3) is 0 Å². The summed E-state index contributed by atoms with van der Waals surface area (Å²) in [4.78, 5) is 27.5. The summed E-state index contributed by atoms with van der Waals surface area (Å²) < 4.78 is 52.8. The van der Waals surface area contributed by atoms with Gasteiger partial charge in [0.15, 0.2) is 11.6 Å². The van der Waals surface area contributed by atoms with Gasteiger partial charge >= 0.3 is 0 Å². The van der Waals surface area contributed by atoms with E-state index in [1.807, 2.05) is 39.0 Å². The molecule has 10 heteroatoms. The topological polar surface area (TPSA) is 86.8 Å². The maximum Gasteiger partial charge on any atom is 0.244 e. The van der Waals surface area contributed by atoms with Crippen LogP contribution in [0.3, 0.4) is 0 Å². The number of halogens is 2. The number of hydrogen-bond donors (Lipinski definition) is 1. The Labute approximate surface area is 199 Å². The van der Waals surface area contributed by atoms with Crippen molar-refractivity contribution < 1.29 is 26.8 Å². The number of carbonyl (C=O) groups excluding carboxylic acids is 2. The van der Waals surface area contributed by atoms with E-state index in [4.69, 9.17) is 0 Å². The molecule has 0 aliphatic rings. The monoisotopic (exact) mass is 495 g/mol. The molecule has 2 atom stereocenters. The Morgan fingerprint density at radius 2 is 1.74 bits per heavy atom. The summed E-state index contributed by atoms with van der Waals surface area (Å²) in [6.07, 6.45) is 1.56. The lowest BCUT2D eigenvalue weighted by Gasteiger charge is -2.32. The molecule has 0 bridgehead atoms. The SMILES string of the molecule is CC[C@H](C)NC(=O)[C@@H](C)N(Cc1cccc(C)c1)C(=O)CN(c1ccc(F)c(F)c1)S(C)(=O)=O. The Bertz CT molecular complexity index is 1140. The van der Waals surface area contributed by atoms with Gasteiger partial charge < -0.3 is 10.2 Å². The zero-order chi connectivity index (χ0) is 25.6. The van der Waals surface area contributed by atoms with Gasteiger partial charge in [0, 0.05) is 18.7 Å². The average Bonchev–Trinajstić information content (AvgIpc) is 2.76. The van der Waals surface area contributed by atoms with Gasteiger partial charge in [-0.25, -0.2) is 17.2 Å². The number of rotatable bonds is 10. The lowest BCUT2D eigenvalue weighted by Crippen LogP contribution is -2.52. The molecule has 0 fully saturated rings. The maximum absolute atomic E-state index is 13.8. The first-order valence-electron chi connectivity index (χ1n) is 10.9. The molecule has 0 unspecified atom stereocenters. The number of hydrogen-bond acceptors (Lipinski definition) is 4. The van der Waals surface area contributed by atoms with Crippen LogP contribution in [-0.2, 0) is 26.2 Å². The Hall–Kier alpha value is -3.01. The molecule has 0 heterocycles. The predicted molar refractivity (Wildman–Crippen MR) is 128 cm³/mol. The van der Waals surface area contributed by atoms with Crippen LogP contribution in [0.5, 0.6) is 0 Å². The van der Waals surface area contributed by atoms with Crippen LogP contribution >= 0.6 is 0 Å². The molecule has 7 nitrogen and oxygen atoms in total. The molecule has 0 radical (unpaired) electrons. The number of aryl methyl sites for hydroxylation is 1. The fourth-order valence-electron chi connectivity index (χ4n) is 3.31. The smallest absolute Gasteiger partial charge is 0.244 e. The first kappa shape index (κ1) is 27.2. The molecular weight excluding hydrogens is 464 g/mol. The molecule has 2 amide bonds. The predicted octanol–water partition coefficient (Wildman–Crippen LogP) is 3.37. The zero-order valence-corrected chi connectivity index (χ0v) is 20.8. The second-order valence-corrected chi connectivity index (χ2v) is 10.3. The van der Waals surface area contributed by atoms with Gasteiger partial charge in [0.05, 0.1) is 11.9 Å². The number of benzene rings is 2. The van der Waals surface area contributed by atoms with Crippen molar-refractivity contribution in [1.29, 1.82) is 0 Å². The Morgan fingerprint density at radius 1 is 1.06 bits per heavy atom. The number of nitrogens with zero attached hydrogens (tertiary/aromatic N) is 2. The third-order valence-corrected chi connectivity index (χ3v) is 6.61. The highest BCUT2D eigenvalue weighted by Crippen LogP contribution is 2.21. The van der Waals surface area contributed by atoms with Crippen molar-refractivity contribution in [3.8, 4) is 0 Å². The molecule has 2 aromatic rings. The van der Waals surface area contributed by atoms with Crippen molar-refractivity contribution in [2.75, 3.05) is 17.1 Å². The van der Waals surface area contributed by atoms with E-state index in [9.17, 15) is 26.8 Å². The summed E-state index contributed by atoms with van der Waals surface area (Å²) in [6, 6.07) is 8.95. The minimum absolute atomic E-state index is 0.0605. The van der Waals surface area contributed by atoms with Gasteiger partial charge in [-0.2, -0.15) is 0 Å². The Kier molecular flexibility index (Phi) is 9.14. The lowest BCUT2D eigenvalue weighted by molar-refractivity contribution is -0.139. The lowest BCUT2D eigenvalue weighted by atomic mass is 10.1. The number of sulfonamides is 1. The molecule has 186 valence electrons. The quantitative estimate of drug-likeness (QED) is 0.548. The van der Waals surface area contributed by atoms with Crippen molar-refractivity contribution >= 4 is 27.5 Å². The minimum atomic E-state index is -4.03. The van der Waals surface area contributed by atoms with E-state index < -0.39 is 40.2 Å². The van der Waals surface area contributed by atoms with Crippen LogP contribution in [0.4, 0.5) is 14.5 Å². The zero-order valence-electron chi connectivity index (χ0n) is 20.0. The van der Waals surface area contributed by atoms with Gasteiger partial charge in [-0.05, 0) is 44.9 Å². The third-order valence-electron chi connectivity index (χ3n) is 5.47. The highest BCUT2D eigenvalue weighted by molar-refractivity contribution is 7.92. The highest BCUT2D eigenvalue weighted by atomic mass is 32.2. The van der Waals surface area contributed by atoms with Gasteiger partial charge in [-0.1, -0.05) is 36.8 Å². The molecule has 0 aromatic heterocycles. The fraction of sp³-hybridized carbons (Fsp3) is 0.417. The molecule has 2 rings (SSSR count). The van der Waals surface area contributed by atoms with Crippen LogP contribution in [0, 0.1) is 18.6 Å². The van der Waals surface area contributed by atoms with Crippen LogP contribution in [-0.4, -0.2) is 50.0 Å². The van der Waals surface area contributed by atoms with Crippen molar-refractivity contribution in [3.05, 3.63) is 65.2 Å². The van der Waals surface area contributed by atoms with Crippen LogP contribution in [0.1, 0.15) is 38.3 Å². The second kappa shape index (κ2) is 11.4. The number of carbonyl (C=O) groups is 2. The van der Waals surface area contributed by atoms with Gasteiger partial charge in [-0.3, -0.25) is 13.9 Å². The summed E-state index contributed by atoms with van der Waals surface area (Å²) in [6.45, 7) is 6.58. The van der Waals surface area contributed by atoms with Crippen molar-refractivity contribution in [1.82, 2.24) is 10.2 Å². The van der Waals surface area contributed by atoms with E-state index in [1.54, 1.807) is 13.0 Å². The third kappa shape index (κ3) is 7.24. The van der Waals surface area contributed by atoms with E-state index in [0.29, 0.717) is 16.8 Å². The number of anilines is 1. The van der Waals surface area contributed by atoms with Crippen molar-refractivity contribution in [2.24, 2.45) is 0 Å². The largest absolute Gasteiger partial charge is 0.352 e. The van der Waals surface area contributed by atoms with E-state index in [0.717, 1.165) is 29.5 Å². The molecule has 2 aromatic carbocycles. The van der Waals surface area contributed by atoms with E-state index in [2.05, 4.69) is 5.32 Å². The van der Waals surface area contributed by atoms with Gasteiger partial charge in [-0.15, -0.1) is 0 Å². The number of amides is 2. The molecule has 0 aliphatic carbocycles. The Morgan fingerprint density at radius 3 is 2.29 bits per heavy atom. The molecule has 1 N–H and O–H groups in total. The molecule has 34 heavy (non-hydrogen) atoms. The van der Waals surface area contributed by atoms with E-state index in [1.165, 1.54) is 4.90 Å². The first-order valence-corrected chi connectivity index (χ1v) is 12.8. The van der Waals surface area contributed by atoms with Crippen LogP contribution in [0.2, 0.25) is 0 Å². The first-order chi connectivity index (χ1) is 15.8. The van der Waals surface area contributed by atoms with Crippen LogP contribution in [0.15, 0.2) is 42.5 Å². The van der Waals surface area contributed by atoms with Gasteiger partial charge in [0.1, 0.15) is 12.6 Å². The molecular formula is C24H31F2N3O4S. The molecule has 0 aliphatic heterocycles. The van der Waals surface area contributed by atoms with Crippen LogP contribution < -0.4 is 9.62 Å². The summed E-state index contributed by atoms with van der Waals surface area (Å²) in [5.74, 6) is -3.42. The summed E-state index contributed by atoms with van der Waals surface area (Å²) in [5.41, 5.74) is 1.53. The Balaban J connectivity index is 2.41. The second-order valence-electron chi connectivity index (χ2n) is 8.37. The molecule has 0 saturated carbocycles. The highest BCUT2D eigenvalue weighted by Gasteiger charge is 2.30. The summed E-state index contributed by atoms with van der Waals surface area (Å²) in [5, 5.41) is 2.83. The van der Waals surface area contributed by atoms with E-state index in [-0.39, 0.29) is 24.2 Å². The van der Waals surface area contributed by atoms with E-state index >= 15 is 0 Å². The maximum atomic E-state index is 13.8. The summed E-state index contributed by atoms with van der Waals surface area (Å²) in [7, 11) is -4.03. The van der Waals surface area contributed by atoms with Crippen molar-refractivity contribution in [3.63, 3.8) is 0 Å². The normalized spacial score (nSPS) is 13.1. The fourth-order valence-corrected chi connectivity index (χ4v) is 4.15. The molecule has 0 saturated heterocycles. The van der Waals surface area contributed by atoms with Gasteiger partial charge in [0.2, 0.25) is 21.8 Å². The number of nitrogens with one attached hydrogen (secondary N) is 1. The minimum Gasteiger partial charge on any atom is -0.352 e. The average molecular weight is 496 g/mol. The summed E-state index contributed by atoms with van der Waals surface area (Å²) >= 11 is 0. The molecule has 0 spiro atoms.